The first kappa shape index (κ1) is 34.3. The minimum Gasteiger partial charge on any atom is -0.444 e. The molecular formula is C34H44F3N7O3. The maximum atomic E-state index is 13.4. The number of hydrogen-bond donors (Lipinski definition) is 1. The van der Waals surface area contributed by atoms with E-state index in [0.29, 0.717) is 56.4 Å². The highest BCUT2D eigenvalue weighted by Gasteiger charge is 2.35. The molecule has 0 aliphatic carbocycles. The summed E-state index contributed by atoms with van der Waals surface area (Å²) >= 11 is 0. The molecule has 0 spiro atoms. The molecule has 1 aromatic heterocycles. The molecule has 0 unspecified atom stereocenters. The lowest BCUT2D eigenvalue weighted by molar-refractivity contribution is -0.137. The number of amides is 2. The number of nitriles is 1. The van der Waals surface area contributed by atoms with Crippen LogP contribution in [0, 0.1) is 23.2 Å². The van der Waals surface area contributed by atoms with Gasteiger partial charge >= 0.3 is 12.3 Å². The smallest absolute Gasteiger partial charge is 0.417 e. The number of rotatable bonds is 6. The number of nitrogens with zero attached hydrogens (tertiary/aromatic N) is 6. The second-order valence-corrected chi connectivity index (χ2v) is 13.7. The highest BCUT2D eigenvalue weighted by molar-refractivity contribution is 5.92. The zero-order valence-corrected chi connectivity index (χ0v) is 27.4. The van der Waals surface area contributed by atoms with E-state index in [0.717, 1.165) is 57.3 Å². The maximum absolute atomic E-state index is 13.4. The van der Waals surface area contributed by atoms with Crippen LogP contribution in [0.15, 0.2) is 36.5 Å². The van der Waals surface area contributed by atoms with E-state index >= 15 is 0 Å². The molecule has 3 aliphatic heterocycles. The van der Waals surface area contributed by atoms with Gasteiger partial charge in [-0.3, -0.25) is 9.69 Å². The summed E-state index contributed by atoms with van der Waals surface area (Å²) in [5, 5.41) is 12.0. The van der Waals surface area contributed by atoms with Crippen molar-refractivity contribution in [3.63, 3.8) is 0 Å². The van der Waals surface area contributed by atoms with Gasteiger partial charge in [-0.2, -0.15) is 18.4 Å². The van der Waals surface area contributed by atoms with Crippen LogP contribution in [0.2, 0.25) is 0 Å². The van der Waals surface area contributed by atoms with Gasteiger partial charge in [-0.15, -0.1) is 0 Å². The van der Waals surface area contributed by atoms with E-state index in [9.17, 15) is 22.8 Å². The molecular weight excluding hydrogens is 611 g/mol. The summed E-state index contributed by atoms with van der Waals surface area (Å²) in [4.78, 5) is 38.2. The van der Waals surface area contributed by atoms with Crippen LogP contribution in [0.1, 0.15) is 57.6 Å². The molecule has 3 aliphatic rings. The first-order valence-corrected chi connectivity index (χ1v) is 16.4. The fourth-order valence-corrected chi connectivity index (χ4v) is 6.51. The molecule has 2 aromatic rings. The Labute approximate surface area is 274 Å². The zero-order valence-electron chi connectivity index (χ0n) is 27.4. The number of piperazine rings is 1. The van der Waals surface area contributed by atoms with E-state index < -0.39 is 22.9 Å². The molecule has 1 N–H and O–H groups in total. The summed E-state index contributed by atoms with van der Waals surface area (Å²) < 4.78 is 45.7. The van der Waals surface area contributed by atoms with Crippen molar-refractivity contribution in [1.29, 1.82) is 5.26 Å². The van der Waals surface area contributed by atoms with E-state index in [1.165, 1.54) is 12.1 Å². The lowest BCUT2D eigenvalue weighted by Crippen LogP contribution is -2.51. The summed E-state index contributed by atoms with van der Waals surface area (Å²) in [7, 11) is 0. The fraction of sp³-hybridized carbons (Fsp3) is 0.588. The van der Waals surface area contributed by atoms with Crippen molar-refractivity contribution < 1.29 is 27.5 Å². The molecule has 0 atom stereocenters. The Morgan fingerprint density at radius 3 is 2.11 bits per heavy atom. The number of carbonyl (C=O) groups excluding carboxylic acids is 2. The molecule has 2 amide bonds. The molecule has 3 saturated heterocycles. The number of pyridine rings is 1. The summed E-state index contributed by atoms with van der Waals surface area (Å²) in [5.74, 6) is 0.658. The van der Waals surface area contributed by atoms with Gasteiger partial charge in [0, 0.05) is 70.5 Å². The third-order valence-corrected chi connectivity index (χ3v) is 9.18. The van der Waals surface area contributed by atoms with Crippen molar-refractivity contribution in [2.45, 2.75) is 58.2 Å². The number of carbonyl (C=O) groups is 2. The topological polar surface area (TPSA) is 105 Å². The number of piperidine rings is 2. The van der Waals surface area contributed by atoms with E-state index in [1.807, 2.05) is 37.8 Å². The number of ether oxygens (including phenoxy) is 1. The summed E-state index contributed by atoms with van der Waals surface area (Å²) in [6.45, 7) is 12.5. The van der Waals surface area contributed by atoms with Gasteiger partial charge in [-0.1, -0.05) is 0 Å². The molecule has 10 nitrogen and oxygen atoms in total. The second kappa shape index (κ2) is 14.4. The van der Waals surface area contributed by atoms with Gasteiger partial charge in [0.1, 0.15) is 11.4 Å². The van der Waals surface area contributed by atoms with Gasteiger partial charge in [0.15, 0.2) is 0 Å². The first-order chi connectivity index (χ1) is 22.3. The highest BCUT2D eigenvalue weighted by atomic mass is 19.4. The van der Waals surface area contributed by atoms with Crippen LogP contribution < -0.4 is 15.1 Å². The van der Waals surface area contributed by atoms with Gasteiger partial charge in [-0.05, 0) is 82.7 Å². The number of hydrogen-bond acceptors (Lipinski definition) is 8. The van der Waals surface area contributed by atoms with Crippen LogP contribution in [-0.2, 0) is 15.7 Å². The predicted octanol–water partition coefficient (Wildman–Crippen LogP) is 5.60. The molecule has 0 bridgehead atoms. The Kier molecular flexibility index (Phi) is 10.5. The van der Waals surface area contributed by atoms with Crippen LogP contribution in [-0.4, -0.2) is 91.3 Å². The summed E-state index contributed by atoms with van der Waals surface area (Å²) in [6.07, 6.45) is 0.0882. The number of benzene rings is 1. The Morgan fingerprint density at radius 1 is 0.915 bits per heavy atom. The quantitative estimate of drug-likeness (QED) is 0.429. The third kappa shape index (κ3) is 9.06. The number of nitrogens with one attached hydrogen (secondary N) is 1. The van der Waals surface area contributed by atoms with Crippen LogP contribution in [0.4, 0.5) is 35.2 Å². The SMILES string of the molecule is CC(C)(C)OC(=O)N1CCN(CC2CCN(c3ccc(NC(=O)C4CCN(c5ccc(C#N)c(C(F)(F)F)c5)CC4)nc3)CC2)CC1. The highest BCUT2D eigenvalue weighted by Crippen LogP contribution is 2.35. The van der Waals surface area contributed by atoms with Gasteiger partial charge in [0.05, 0.1) is 29.1 Å². The molecule has 4 heterocycles. The Bertz CT molecular complexity index is 1430. The van der Waals surface area contributed by atoms with E-state index in [2.05, 4.69) is 20.1 Å². The minimum absolute atomic E-state index is 0.145. The Morgan fingerprint density at radius 2 is 1.53 bits per heavy atom. The number of halogens is 3. The van der Waals surface area contributed by atoms with Gasteiger partial charge in [-0.25, -0.2) is 9.78 Å². The molecule has 0 radical (unpaired) electrons. The molecule has 47 heavy (non-hydrogen) atoms. The third-order valence-electron chi connectivity index (χ3n) is 9.18. The average molecular weight is 656 g/mol. The van der Waals surface area contributed by atoms with Crippen molar-refractivity contribution in [2.24, 2.45) is 11.8 Å². The standard InChI is InChI=1S/C34H44F3N7O3/c1-33(2,3)47-32(46)44-18-16-41(17-19-44)23-24-8-12-43(13-9-24)28-6-7-30(39-22-28)40-31(45)25-10-14-42(15-11-25)27-5-4-26(21-38)29(20-27)34(35,36)37/h4-7,20,22,24-25H,8-19,23H2,1-3H3,(H,39,40,45). The minimum atomic E-state index is -4.61. The second-order valence-electron chi connectivity index (χ2n) is 13.7. The monoisotopic (exact) mass is 655 g/mol. The van der Waals surface area contributed by atoms with Crippen LogP contribution in [0.25, 0.3) is 0 Å². The molecule has 13 heteroatoms. The van der Waals surface area contributed by atoms with Crippen molar-refractivity contribution in [2.75, 3.05) is 74.0 Å². The van der Waals surface area contributed by atoms with Crippen molar-refractivity contribution in [3.8, 4) is 6.07 Å². The van der Waals surface area contributed by atoms with E-state index in [1.54, 1.807) is 17.2 Å². The fourth-order valence-electron chi connectivity index (χ4n) is 6.51. The van der Waals surface area contributed by atoms with Crippen LogP contribution >= 0.6 is 0 Å². The molecule has 3 fully saturated rings. The Balaban J connectivity index is 1.03. The van der Waals surface area contributed by atoms with E-state index in [-0.39, 0.29) is 17.9 Å². The van der Waals surface area contributed by atoms with Crippen molar-refractivity contribution in [3.05, 3.63) is 47.7 Å². The largest absolute Gasteiger partial charge is 0.444 e. The lowest BCUT2D eigenvalue weighted by Gasteiger charge is -2.39. The summed E-state index contributed by atoms with van der Waals surface area (Å²) in [6, 6.07) is 9.15. The van der Waals surface area contributed by atoms with Crippen molar-refractivity contribution >= 4 is 29.2 Å². The van der Waals surface area contributed by atoms with Crippen molar-refractivity contribution in [1.82, 2.24) is 14.8 Å². The van der Waals surface area contributed by atoms with Gasteiger partial charge in [0.2, 0.25) is 5.91 Å². The molecule has 5 rings (SSSR count). The van der Waals surface area contributed by atoms with Crippen LogP contribution in [0.5, 0.6) is 0 Å². The average Bonchev–Trinajstić information content (AvgIpc) is 3.04. The Hall–Kier alpha value is -4.05. The van der Waals surface area contributed by atoms with Gasteiger partial charge < -0.3 is 24.8 Å². The van der Waals surface area contributed by atoms with Crippen LogP contribution in [0.3, 0.4) is 0 Å². The zero-order chi connectivity index (χ0) is 33.8. The van der Waals surface area contributed by atoms with Gasteiger partial charge in [0.25, 0.3) is 0 Å². The normalized spacial score (nSPS) is 19.0. The van der Waals surface area contributed by atoms with E-state index in [4.69, 9.17) is 10.00 Å². The first-order valence-electron chi connectivity index (χ1n) is 16.4. The number of anilines is 3. The predicted molar refractivity (Wildman–Crippen MR) is 173 cm³/mol. The lowest BCUT2D eigenvalue weighted by atomic mass is 9.95. The molecule has 1 aromatic carbocycles. The number of aromatic nitrogens is 1. The molecule has 0 saturated carbocycles. The maximum Gasteiger partial charge on any atom is 0.417 e. The number of alkyl halides is 3. The summed E-state index contributed by atoms with van der Waals surface area (Å²) in [5.41, 5.74) is -0.415. The molecule has 254 valence electrons.